The summed E-state index contributed by atoms with van der Waals surface area (Å²) in [6.45, 7) is 8.20. The summed E-state index contributed by atoms with van der Waals surface area (Å²) in [7, 11) is 0. The van der Waals surface area contributed by atoms with Crippen LogP contribution in [0.5, 0.6) is 0 Å². The average molecular weight is 388 g/mol. The van der Waals surface area contributed by atoms with Crippen LogP contribution >= 0.6 is 11.3 Å². The van der Waals surface area contributed by atoms with Gasteiger partial charge in [-0.05, 0) is 43.7 Å². The van der Waals surface area contributed by atoms with Gasteiger partial charge in [-0.1, -0.05) is 19.9 Å². The number of nitrogens with zero attached hydrogens (tertiary/aromatic N) is 2. The van der Waals surface area contributed by atoms with Gasteiger partial charge in [0.05, 0.1) is 6.54 Å². The van der Waals surface area contributed by atoms with Crippen molar-refractivity contribution in [3.63, 3.8) is 0 Å². The van der Waals surface area contributed by atoms with Crippen LogP contribution in [0.2, 0.25) is 0 Å². The Hall–Kier alpha value is -2.41. The fourth-order valence-electron chi connectivity index (χ4n) is 3.48. The molecule has 144 valence electrons. The highest BCUT2D eigenvalue weighted by Crippen LogP contribution is 2.20. The molecule has 1 fully saturated rings. The highest BCUT2D eigenvalue weighted by atomic mass is 32.1. The quantitative estimate of drug-likeness (QED) is 0.586. The van der Waals surface area contributed by atoms with Crippen LogP contribution in [0.25, 0.3) is 0 Å². The van der Waals surface area contributed by atoms with E-state index in [1.54, 1.807) is 11.3 Å². The maximum atomic E-state index is 12.8. The number of hydrogen-bond acceptors (Lipinski definition) is 4. The molecule has 1 aliphatic heterocycles. The van der Waals surface area contributed by atoms with Gasteiger partial charge in [0.15, 0.2) is 5.78 Å². The maximum Gasteiger partial charge on any atom is 0.325 e. The molecular formula is C20H25N3O3S. The lowest BCUT2D eigenvalue weighted by Crippen LogP contribution is -2.37. The minimum Gasteiger partial charge on any atom is -0.348 e. The third kappa shape index (κ3) is 3.83. The minimum atomic E-state index is -0.552. The summed E-state index contributed by atoms with van der Waals surface area (Å²) >= 11 is 1.72. The molecule has 1 unspecified atom stereocenters. The van der Waals surface area contributed by atoms with E-state index < -0.39 is 12.1 Å². The molecule has 1 N–H and O–H groups in total. The van der Waals surface area contributed by atoms with Gasteiger partial charge in [0, 0.05) is 28.4 Å². The molecule has 6 nitrogen and oxygen atoms in total. The van der Waals surface area contributed by atoms with Crippen molar-refractivity contribution in [3.8, 4) is 0 Å². The van der Waals surface area contributed by atoms with E-state index >= 15 is 0 Å². The molecule has 27 heavy (non-hydrogen) atoms. The Kier molecular flexibility index (Phi) is 5.51. The molecule has 0 radical (unpaired) electrons. The number of imide groups is 1. The van der Waals surface area contributed by atoms with Gasteiger partial charge in [-0.15, -0.1) is 11.3 Å². The average Bonchev–Trinajstić information content (AvgIpc) is 3.29. The zero-order valence-electron chi connectivity index (χ0n) is 16.1. The summed E-state index contributed by atoms with van der Waals surface area (Å²) in [4.78, 5) is 39.6. The van der Waals surface area contributed by atoms with Crippen LogP contribution in [0.3, 0.4) is 0 Å². The molecule has 0 aliphatic carbocycles. The lowest BCUT2D eigenvalue weighted by Gasteiger charge is -2.14. The van der Waals surface area contributed by atoms with Crippen LogP contribution in [0, 0.1) is 19.8 Å². The van der Waals surface area contributed by atoms with E-state index in [1.807, 2.05) is 39.8 Å². The van der Waals surface area contributed by atoms with Gasteiger partial charge < -0.3 is 9.88 Å². The van der Waals surface area contributed by atoms with Crippen molar-refractivity contribution in [2.75, 3.05) is 6.54 Å². The van der Waals surface area contributed by atoms with E-state index in [1.165, 1.54) is 4.88 Å². The molecule has 2 aromatic heterocycles. The topological polar surface area (TPSA) is 71.4 Å². The number of aryl methyl sites for hydroxylation is 2. The Bertz CT molecular complexity index is 867. The second-order valence-corrected chi connectivity index (χ2v) is 8.32. The lowest BCUT2D eigenvalue weighted by molar-refractivity contribution is -0.127. The zero-order chi connectivity index (χ0) is 19.7. The van der Waals surface area contributed by atoms with Crippen molar-refractivity contribution in [1.29, 1.82) is 0 Å². The molecule has 3 rings (SSSR count). The van der Waals surface area contributed by atoms with Gasteiger partial charge in [0.25, 0.3) is 5.91 Å². The summed E-state index contributed by atoms with van der Waals surface area (Å²) in [6.07, 6.45) is 0.907. The van der Waals surface area contributed by atoms with Crippen LogP contribution < -0.4 is 5.32 Å². The number of thiophene rings is 1. The van der Waals surface area contributed by atoms with E-state index in [0.717, 1.165) is 29.3 Å². The normalized spacial score (nSPS) is 17.1. The molecule has 3 heterocycles. The second kappa shape index (κ2) is 7.68. The Morgan fingerprint density at radius 3 is 2.63 bits per heavy atom. The molecule has 1 aliphatic rings. The number of carbonyl (C=O) groups is 3. The van der Waals surface area contributed by atoms with Crippen LogP contribution in [0.1, 0.15) is 40.5 Å². The minimum absolute atomic E-state index is 0.0103. The first-order valence-electron chi connectivity index (χ1n) is 9.13. The van der Waals surface area contributed by atoms with Crippen molar-refractivity contribution in [3.05, 3.63) is 45.4 Å². The molecule has 0 aromatic carbocycles. The predicted octanol–water partition coefficient (Wildman–Crippen LogP) is 3.17. The van der Waals surface area contributed by atoms with E-state index in [4.69, 9.17) is 0 Å². The first-order valence-corrected chi connectivity index (χ1v) is 10.0. The van der Waals surface area contributed by atoms with E-state index in [2.05, 4.69) is 21.3 Å². The second-order valence-electron chi connectivity index (χ2n) is 7.28. The van der Waals surface area contributed by atoms with Gasteiger partial charge in [-0.25, -0.2) is 4.79 Å². The number of Topliss-reactive ketones (excluding diaryl/α,β-unsaturated/α-hetero) is 1. The van der Waals surface area contributed by atoms with Crippen molar-refractivity contribution < 1.29 is 14.4 Å². The van der Waals surface area contributed by atoms with E-state index in [-0.39, 0.29) is 24.2 Å². The molecule has 0 saturated carbocycles. The molecule has 1 saturated heterocycles. The van der Waals surface area contributed by atoms with Crippen molar-refractivity contribution in [2.24, 2.45) is 5.92 Å². The zero-order valence-corrected chi connectivity index (χ0v) is 16.9. The van der Waals surface area contributed by atoms with Crippen LogP contribution in [-0.2, 0) is 17.8 Å². The summed E-state index contributed by atoms with van der Waals surface area (Å²) in [5.74, 6) is -0.544. The molecule has 2 aromatic rings. The number of amides is 3. The summed E-state index contributed by atoms with van der Waals surface area (Å²) < 4.78 is 2.12. The number of nitrogens with one attached hydrogen (secondary N) is 1. The van der Waals surface area contributed by atoms with Gasteiger partial charge in [0.1, 0.15) is 6.04 Å². The van der Waals surface area contributed by atoms with Gasteiger partial charge in [0.2, 0.25) is 0 Å². The molecule has 0 spiro atoms. The molecule has 7 heteroatoms. The number of hydrogen-bond donors (Lipinski definition) is 1. The molecule has 3 amide bonds. The van der Waals surface area contributed by atoms with Crippen LogP contribution in [0.15, 0.2) is 23.6 Å². The summed E-state index contributed by atoms with van der Waals surface area (Å²) in [5.41, 5.74) is 2.46. The number of aromatic nitrogens is 1. The number of urea groups is 1. The molecular weight excluding hydrogens is 362 g/mol. The fraction of sp³-hybridized carbons (Fsp3) is 0.450. The molecule has 1 atom stereocenters. The van der Waals surface area contributed by atoms with Crippen molar-refractivity contribution in [2.45, 2.75) is 46.7 Å². The highest BCUT2D eigenvalue weighted by molar-refractivity contribution is 7.09. The Balaban J connectivity index is 1.73. The number of ketones is 1. The third-order valence-electron chi connectivity index (χ3n) is 5.06. The Morgan fingerprint density at radius 2 is 2.04 bits per heavy atom. The third-order valence-corrected chi connectivity index (χ3v) is 6.00. The number of carbonyl (C=O) groups excluding carboxylic acids is 3. The molecule has 0 bridgehead atoms. The Labute approximate surface area is 163 Å². The van der Waals surface area contributed by atoms with Crippen molar-refractivity contribution >= 4 is 29.1 Å². The van der Waals surface area contributed by atoms with Gasteiger partial charge in [-0.2, -0.15) is 0 Å². The summed E-state index contributed by atoms with van der Waals surface area (Å²) in [6, 6.07) is 4.95. The number of rotatable bonds is 7. The highest BCUT2D eigenvalue weighted by Gasteiger charge is 2.40. The van der Waals surface area contributed by atoms with Gasteiger partial charge >= 0.3 is 6.03 Å². The largest absolute Gasteiger partial charge is 0.348 e. The van der Waals surface area contributed by atoms with E-state index in [9.17, 15) is 14.4 Å². The summed E-state index contributed by atoms with van der Waals surface area (Å²) in [5, 5.41) is 4.72. The maximum absolute atomic E-state index is 12.8. The Morgan fingerprint density at radius 1 is 1.30 bits per heavy atom. The first-order chi connectivity index (χ1) is 12.8. The van der Waals surface area contributed by atoms with Crippen LogP contribution in [0.4, 0.5) is 4.79 Å². The van der Waals surface area contributed by atoms with Crippen molar-refractivity contribution in [1.82, 2.24) is 14.8 Å². The SMILES string of the molecule is Cc1cc(C(=O)CN2C(=O)NC(C(C)C)C2=O)c(C)n1CCc1cccs1. The lowest BCUT2D eigenvalue weighted by atomic mass is 10.0. The predicted molar refractivity (Wildman–Crippen MR) is 105 cm³/mol. The fourth-order valence-corrected chi connectivity index (χ4v) is 4.17. The van der Waals surface area contributed by atoms with Gasteiger partial charge in [-0.3, -0.25) is 14.5 Å². The first kappa shape index (κ1) is 19.4. The van der Waals surface area contributed by atoms with Crippen LogP contribution in [-0.4, -0.2) is 39.8 Å². The smallest absolute Gasteiger partial charge is 0.325 e. The standard InChI is InChI=1S/C20H25N3O3S/c1-12(2)18-19(25)23(20(26)21-18)11-17(24)16-10-13(3)22(14(16)4)8-7-15-6-5-9-27-15/h5-6,9-10,12,18H,7-8,11H2,1-4H3,(H,21,26). The monoisotopic (exact) mass is 387 g/mol. The van der Waals surface area contributed by atoms with E-state index in [0.29, 0.717) is 5.56 Å².